The lowest BCUT2D eigenvalue weighted by Crippen LogP contribution is -2.48. The van der Waals surface area contributed by atoms with Crippen molar-refractivity contribution in [3.63, 3.8) is 0 Å². The fraction of sp³-hybridized carbons (Fsp3) is 1.00. The van der Waals surface area contributed by atoms with Crippen molar-refractivity contribution in [1.82, 2.24) is 9.03 Å². The lowest BCUT2D eigenvalue weighted by molar-refractivity contribution is 0.169. The zero-order chi connectivity index (χ0) is 14.1. The molecule has 1 saturated heterocycles. The SMILES string of the molecule is CC1(C)CCC(NS(=O)(=O)N2CCC(CO)CC2)C1. The van der Waals surface area contributed by atoms with Gasteiger partial charge in [0.1, 0.15) is 0 Å². The Morgan fingerprint density at radius 1 is 1.26 bits per heavy atom. The van der Waals surface area contributed by atoms with Crippen LogP contribution in [0.15, 0.2) is 0 Å². The van der Waals surface area contributed by atoms with Gasteiger partial charge in [-0.15, -0.1) is 0 Å². The molecule has 0 spiro atoms. The maximum Gasteiger partial charge on any atom is 0.279 e. The minimum Gasteiger partial charge on any atom is -0.396 e. The molecule has 2 fully saturated rings. The highest BCUT2D eigenvalue weighted by Crippen LogP contribution is 2.37. The van der Waals surface area contributed by atoms with Gasteiger partial charge in [0, 0.05) is 25.7 Å². The average Bonchev–Trinajstić information content (AvgIpc) is 2.68. The van der Waals surface area contributed by atoms with Crippen molar-refractivity contribution in [3.05, 3.63) is 0 Å². The van der Waals surface area contributed by atoms with E-state index in [1.807, 2.05) is 0 Å². The van der Waals surface area contributed by atoms with Crippen LogP contribution in [-0.4, -0.2) is 43.6 Å². The molecule has 2 rings (SSSR count). The van der Waals surface area contributed by atoms with Gasteiger partial charge in [-0.25, -0.2) is 0 Å². The smallest absolute Gasteiger partial charge is 0.279 e. The van der Waals surface area contributed by atoms with Crippen LogP contribution in [0.5, 0.6) is 0 Å². The summed E-state index contributed by atoms with van der Waals surface area (Å²) in [4.78, 5) is 0. The number of rotatable bonds is 4. The summed E-state index contributed by atoms with van der Waals surface area (Å²) < 4.78 is 29.0. The van der Waals surface area contributed by atoms with Crippen molar-refractivity contribution in [3.8, 4) is 0 Å². The summed E-state index contributed by atoms with van der Waals surface area (Å²) in [5, 5.41) is 9.08. The Morgan fingerprint density at radius 3 is 2.37 bits per heavy atom. The molecule has 1 aliphatic carbocycles. The first-order chi connectivity index (χ1) is 8.82. The van der Waals surface area contributed by atoms with Gasteiger partial charge in [0.25, 0.3) is 10.2 Å². The molecular weight excluding hydrogens is 264 g/mol. The Bertz CT molecular complexity index is 400. The van der Waals surface area contributed by atoms with E-state index in [-0.39, 0.29) is 24.0 Å². The molecule has 0 radical (unpaired) electrons. The van der Waals surface area contributed by atoms with Crippen LogP contribution in [0.1, 0.15) is 46.0 Å². The standard InChI is InChI=1S/C13H26N2O3S/c1-13(2)6-3-12(9-13)14-19(17,18)15-7-4-11(10-16)5-8-15/h11-12,14,16H,3-10H2,1-2H3. The summed E-state index contributed by atoms with van der Waals surface area (Å²) in [5.41, 5.74) is 0.247. The van der Waals surface area contributed by atoms with Gasteiger partial charge in [0.15, 0.2) is 0 Å². The van der Waals surface area contributed by atoms with E-state index < -0.39 is 10.2 Å². The van der Waals surface area contributed by atoms with E-state index >= 15 is 0 Å². The van der Waals surface area contributed by atoms with Crippen LogP contribution in [0.3, 0.4) is 0 Å². The summed E-state index contributed by atoms with van der Waals surface area (Å²) in [5.74, 6) is 0.261. The van der Waals surface area contributed by atoms with Crippen LogP contribution in [-0.2, 0) is 10.2 Å². The monoisotopic (exact) mass is 290 g/mol. The van der Waals surface area contributed by atoms with Crippen molar-refractivity contribution in [2.24, 2.45) is 11.3 Å². The van der Waals surface area contributed by atoms with Gasteiger partial charge >= 0.3 is 0 Å². The van der Waals surface area contributed by atoms with Gasteiger partial charge in [-0.05, 0) is 43.4 Å². The third-order valence-corrected chi connectivity index (χ3v) is 6.13. The lowest BCUT2D eigenvalue weighted by Gasteiger charge is -2.31. The number of aliphatic hydroxyl groups excluding tert-OH is 1. The largest absolute Gasteiger partial charge is 0.396 e. The normalized spacial score (nSPS) is 29.7. The number of nitrogens with one attached hydrogen (secondary N) is 1. The Labute approximate surface area is 116 Å². The number of piperidine rings is 1. The second-order valence-electron chi connectivity index (χ2n) is 6.75. The minimum absolute atomic E-state index is 0.0792. The number of hydrogen-bond acceptors (Lipinski definition) is 3. The first-order valence-corrected chi connectivity index (χ1v) is 8.65. The number of hydrogen-bond donors (Lipinski definition) is 2. The molecule has 1 aliphatic heterocycles. The lowest BCUT2D eigenvalue weighted by atomic mass is 9.92. The summed E-state index contributed by atoms with van der Waals surface area (Å²) in [6.07, 6.45) is 4.44. The summed E-state index contributed by atoms with van der Waals surface area (Å²) in [7, 11) is -3.35. The molecule has 0 aromatic heterocycles. The Hall–Kier alpha value is -0.170. The highest BCUT2D eigenvalue weighted by molar-refractivity contribution is 7.87. The van der Waals surface area contributed by atoms with Gasteiger partial charge in [-0.3, -0.25) is 0 Å². The molecular formula is C13H26N2O3S. The first-order valence-electron chi connectivity index (χ1n) is 7.21. The third kappa shape index (κ3) is 3.90. The molecule has 1 unspecified atom stereocenters. The minimum atomic E-state index is -3.35. The third-order valence-electron chi connectivity index (χ3n) is 4.46. The van der Waals surface area contributed by atoms with Crippen molar-refractivity contribution in [2.75, 3.05) is 19.7 Å². The topological polar surface area (TPSA) is 69.6 Å². The van der Waals surface area contributed by atoms with E-state index in [4.69, 9.17) is 5.11 Å². The fourth-order valence-corrected chi connectivity index (χ4v) is 4.62. The highest BCUT2D eigenvalue weighted by atomic mass is 32.2. The Morgan fingerprint density at radius 2 is 1.89 bits per heavy atom. The molecule has 1 atom stereocenters. The van der Waals surface area contributed by atoms with Crippen LogP contribution in [0, 0.1) is 11.3 Å². The molecule has 2 aliphatic rings. The molecule has 5 nitrogen and oxygen atoms in total. The van der Waals surface area contributed by atoms with Gasteiger partial charge in [0.05, 0.1) is 0 Å². The molecule has 0 bridgehead atoms. The predicted molar refractivity (Wildman–Crippen MR) is 74.9 cm³/mol. The molecule has 1 heterocycles. The fourth-order valence-electron chi connectivity index (χ4n) is 3.15. The molecule has 2 N–H and O–H groups in total. The molecule has 1 saturated carbocycles. The highest BCUT2D eigenvalue weighted by Gasteiger charge is 2.35. The van der Waals surface area contributed by atoms with E-state index in [0.29, 0.717) is 13.1 Å². The predicted octanol–water partition coefficient (Wildman–Crippen LogP) is 1.10. The van der Waals surface area contributed by atoms with Crippen LogP contribution < -0.4 is 4.72 Å². The van der Waals surface area contributed by atoms with Crippen molar-refractivity contribution in [1.29, 1.82) is 0 Å². The van der Waals surface area contributed by atoms with Gasteiger partial charge in [-0.2, -0.15) is 17.4 Å². The molecule has 112 valence electrons. The van der Waals surface area contributed by atoms with Crippen LogP contribution in [0.25, 0.3) is 0 Å². The molecule has 6 heteroatoms. The Balaban J connectivity index is 1.89. The maximum absolute atomic E-state index is 12.3. The molecule has 0 aromatic carbocycles. The van der Waals surface area contributed by atoms with Crippen LogP contribution in [0.4, 0.5) is 0 Å². The zero-order valence-corrected chi connectivity index (χ0v) is 12.7. The number of aliphatic hydroxyl groups is 1. The van der Waals surface area contributed by atoms with Crippen molar-refractivity contribution >= 4 is 10.2 Å². The van der Waals surface area contributed by atoms with Crippen LogP contribution in [0.2, 0.25) is 0 Å². The van der Waals surface area contributed by atoms with Gasteiger partial charge < -0.3 is 5.11 Å². The van der Waals surface area contributed by atoms with E-state index in [2.05, 4.69) is 18.6 Å². The second-order valence-corrected chi connectivity index (χ2v) is 8.45. The zero-order valence-electron chi connectivity index (χ0n) is 11.9. The molecule has 19 heavy (non-hydrogen) atoms. The molecule has 0 amide bonds. The quantitative estimate of drug-likeness (QED) is 0.814. The van der Waals surface area contributed by atoms with Gasteiger partial charge in [-0.1, -0.05) is 13.8 Å². The van der Waals surface area contributed by atoms with E-state index in [1.165, 1.54) is 4.31 Å². The van der Waals surface area contributed by atoms with Gasteiger partial charge in [0.2, 0.25) is 0 Å². The Kier molecular flexibility index (Phi) is 4.55. The average molecular weight is 290 g/mol. The number of nitrogens with zero attached hydrogens (tertiary/aromatic N) is 1. The molecule has 0 aromatic rings. The second kappa shape index (κ2) is 5.68. The van der Waals surface area contributed by atoms with E-state index in [9.17, 15) is 8.42 Å². The van der Waals surface area contributed by atoms with E-state index in [0.717, 1.165) is 32.1 Å². The first kappa shape index (κ1) is 15.2. The van der Waals surface area contributed by atoms with Crippen molar-refractivity contribution < 1.29 is 13.5 Å². The van der Waals surface area contributed by atoms with E-state index in [1.54, 1.807) is 0 Å². The van der Waals surface area contributed by atoms with Crippen molar-refractivity contribution in [2.45, 2.75) is 52.0 Å². The maximum atomic E-state index is 12.3. The summed E-state index contributed by atoms with van der Waals surface area (Å²) in [6, 6.07) is 0.0792. The summed E-state index contributed by atoms with van der Waals surface area (Å²) >= 11 is 0. The van der Waals surface area contributed by atoms with Crippen LogP contribution >= 0.6 is 0 Å². The summed E-state index contributed by atoms with van der Waals surface area (Å²) in [6.45, 7) is 5.59.